The highest BCUT2D eigenvalue weighted by Gasteiger charge is 2.08. The summed E-state index contributed by atoms with van der Waals surface area (Å²) >= 11 is 0. The number of amides is 1. The molecule has 5 heteroatoms. The van der Waals surface area contributed by atoms with E-state index in [9.17, 15) is 4.79 Å². The molecular weight excluding hydrogens is 240 g/mol. The van der Waals surface area contributed by atoms with Crippen LogP contribution in [0.5, 0.6) is 0 Å². The van der Waals surface area contributed by atoms with Gasteiger partial charge in [-0.15, -0.1) is 0 Å². The number of pyridine rings is 1. The lowest BCUT2D eigenvalue weighted by Gasteiger charge is -2.19. The molecule has 1 amide bonds. The molecule has 0 bridgehead atoms. The molecular formula is C14H24N4O. The van der Waals surface area contributed by atoms with Crippen LogP contribution < -0.4 is 11.1 Å². The Morgan fingerprint density at radius 3 is 2.68 bits per heavy atom. The van der Waals surface area contributed by atoms with Gasteiger partial charge in [-0.3, -0.25) is 4.79 Å². The highest BCUT2D eigenvalue weighted by Crippen LogP contribution is 2.06. The number of aromatic nitrogens is 1. The van der Waals surface area contributed by atoms with Gasteiger partial charge >= 0.3 is 0 Å². The number of hydrogen-bond acceptors (Lipinski definition) is 4. The molecule has 0 unspecified atom stereocenters. The average Bonchev–Trinajstić information content (AvgIpc) is 2.36. The number of nitrogen functional groups attached to an aromatic ring is 1. The summed E-state index contributed by atoms with van der Waals surface area (Å²) in [6.07, 6.45) is 1.13. The number of nitrogens with two attached hydrogens (primary N) is 1. The fourth-order valence-corrected chi connectivity index (χ4v) is 2.00. The van der Waals surface area contributed by atoms with E-state index in [1.54, 1.807) is 12.1 Å². The first-order valence-corrected chi connectivity index (χ1v) is 6.81. The van der Waals surface area contributed by atoms with Gasteiger partial charge in [0.1, 0.15) is 5.82 Å². The molecule has 1 aromatic heterocycles. The minimum absolute atomic E-state index is 0.0928. The van der Waals surface area contributed by atoms with E-state index in [1.807, 2.05) is 6.92 Å². The number of likely N-dealkylation sites (N-methyl/N-ethyl adjacent to an activating group) is 1. The predicted octanol–water partition coefficient (Wildman–Crippen LogP) is 1.43. The van der Waals surface area contributed by atoms with Crippen molar-refractivity contribution < 1.29 is 4.79 Å². The molecule has 0 aliphatic carbocycles. The van der Waals surface area contributed by atoms with Crippen molar-refractivity contribution >= 4 is 11.7 Å². The van der Waals surface area contributed by atoms with E-state index in [-0.39, 0.29) is 5.91 Å². The zero-order chi connectivity index (χ0) is 14.3. The Kier molecular flexibility index (Phi) is 6.29. The van der Waals surface area contributed by atoms with Crippen LogP contribution in [0.4, 0.5) is 5.82 Å². The van der Waals surface area contributed by atoms with Crippen molar-refractivity contribution in [1.29, 1.82) is 0 Å². The second-order valence-electron chi connectivity index (χ2n) is 4.61. The Bertz CT molecular complexity index is 400. The van der Waals surface area contributed by atoms with Gasteiger partial charge in [-0.1, -0.05) is 13.8 Å². The standard InChI is InChI=1S/C14H24N4O/c1-4-7-18(5-2)8-6-16-14(19)12-9-11(3)17-13(15)10-12/h9-10H,4-8H2,1-3H3,(H2,15,17)(H,16,19). The molecule has 19 heavy (non-hydrogen) atoms. The van der Waals surface area contributed by atoms with Crippen LogP contribution in [0.2, 0.25) is 0 Å². The third-order valence-electron chi connectivity index (χ3n) is 2.94. The maximum absolute atomic E-state index is 12.0. The first kappa shape index (κ1) is 15.4. The second kappa shape index (κ2) is 7.74. The van der Waals surface area contributed by atoms with Crippen LogP contribution in [-0.2, 0) is 0 Å². The fourth-order valence-electron chi connectivity index (χ4n) is 2.00. The van der Waals surface area contributed by atoms with Crippen molar-refractivity contribution in [3.05, 3.63) is 23.4 Å². The van der Waals surface area contributed by atoms with Gasteiger partial charge in [0.2, 0.25) is 0 Å². The zero-order valence-corrected chi connectivity index (χ0v) is 12.1. The quantitative estimate of drug-likeness (QED) is 0.781. The van der Waals surface area contributed by atoms with Crippen LogP contribution in [0, 0.1) is 6.92 Å². The van der Waals surface area contributed by atoms with Crippen molar-refractivity contribution in [3.63, 3.8) is 0 Å². The Morgan fingerprint density at radius 1 is 1.37 bits per heavy atom. The number of carbonyl (C=O) groups excluding carboxylic acids is 1. The lowest BCUT2D eigenvalue weighted by atomic mass is 10.2. The summed E-state index contributed by atoms with van der Waals surface area (Å²) in [4.78, 5) is 18.3. The smallest absolute Gasteiger partial charge is 0.251 e. The molecule has 0 spiro atoms. The highest BCUT2D eigenvalue weighted by atomic mass is 16.1. The predicted molar refractivity (Wildman–Crippen MR) is 78.1 cm³/mol. The van der Waals surface area contributed by atoms with E-state index < -0.39 is 0 Å². The molecule has 0 fully saturated rings. The maximum Gasteiger partial charge on any atom is 0.251 e. The molecule has 1 rings (SSSR count). The Hall–Kier alpha value is -1.62. The number of rotatable bonds is 7. The molecule has 0 saturated carbocycles. The van der Waals surface area contributed by atoms with Crippen molar-refractivity contribution in [2.24, 2.45) is 0 Å². The van der Waals surface area contributed by atoms with Crippen LogP contribution in [0.25, 0.3) is 0 Å². The topological polar surface area (TPSA) is 71.2 Å². The van der Waals surface area contributed by atoms with E-state index >= 15 is 0 Å². The number of nitrogens with one attached hydrogen (secondary N) is 1. The Morgan fingerprint density at radius 2 is 2.11 bits per heavy atom. The van der Waals surface area contributed by atoms with Crippen LogP contribution in [0.15, 0.2) is 12.1 Å². The van der Waals surface area contributed by atoms with Crippen LogP contribution in [0.1, 0.15) is 36.3 Å². The largest absolute Gasteiger partial charge is 0.384 e. The summed E-state index contributed by atoms with van der Waals surface area (Å²) < 4.78 is 0. The number of nitrogens with zero attached hydrogens (tertiary/aromatic N) is 2. The van der Waals surface area contributed by atoms with Gasteiger partial charge in [0.25, 0.3) is 5.91 Å². The summed E-state index contributed by atoms with van der Waals surface area (Å²) in [5, 5.41) is 2.91. The van der Waals surface area contributed by atoms with E-state index in [4.69, 9.17) is 5.73 Å². The molecule has 0 aliphatic heterocycles. The molecule has 0 atom stereocenters. The highest BCUT2D eigenvalue weighted by molar-refractivity contribution is 5.94. The minimum atomic E-state index is -0.0928. The normalized spacial score (nSPS) is 10.7. The molecule has 5 nitrogen and oxygen atoms in total. The lowest BCUT2D eigenvalue weighted by molar-refractivity contribution is 0.0948. The molecule has 1 heterocycles. The molecule has 106 valence electrons. The number of aryl methyl sites for hydroxylation is 1. The van der Waals surface area contributed by atoms with Crippen molar-refractivity contribution in [1.82, 2.24) is 15.2 Å². The minimum Gasteiger partial charge on any atom is -0.384 e. The third-order valence-corrected chi connectivity index (χ3v) is 2.94. The molecule has 0 aromatic carbocycles. The number of hydrogen-bond donors (Lipinski definition) is 2. The number of carbonyl (C=O) groups is 1. The Balaban J connectivity index is 2.46. The molecule has 0 radical (unpaired) electrons. The lowest BCUT2D eigenvalue weighted by Crippen LogP contribution is -2.35. The fraction of sp³-hybridized carbons (Fsp3) is 0.571. The maximum atomic E-state index is 12.0. The van der Waals surface area contributed by atoms with E-state index in [1.165, 1.54) is 0 Å². The summed E-state index contributed by atoms with van der Waals surface area (Å²) in [5.74, 6) is 0.288. The van der Waals surface area contributed by atoms with E-state index in [0.717, 1.165) is 31.7 Å². The van der Waals surface area contributed by atoms with Gasteiger partial charge < -0.3 is 16.0 Å². The van der Waals surface area contributed by atoms with Gasteiger partial charge in [-0.2, -0.15) is 0 Å². The number of anilines is 1. The van der Waals surface area contributed by atoms with Gasteiger partial charge in [0.15, 0.2) is 0 Å². The molecule has 0 aliphatic rings. The monoisotopic (exact) mass is 264 g/mol. The van der Waals surface area contributed by atoms with Gasteiger partial charge in [-0.25, -0.2) is 4.98 Å². The second-order valence-corrected chi connectivity index (χ2v) is 4.61. The van der Waals surface area contributed by atoms with Crippen LogP contribution in [-0.4, -0.2) is 42.0 Å². The van der Waals surface area contributed by atoms with Gasteiger partial charge in [0, 0.05) is 24.3 Å². The third kappa shape index (κ3) is 5.26. The summed E-state index contributed by atoms with van der Waals surface area (Å²) in [6.45, 7) is 9.70. The Labute approximate surface area is 115 Å². The molecule has 3 N–H and O–H groups in total. The van der Waals surface area contributed by atoms with Crippen molar-refractivity contribution in [3.8, 4) is 0 Å². The molecule has 0 saturated heterocycles. The van der Waals surface area contributed by atoms with Crippen molar-refractivity contribution in [2.45, 2.75) is 27.2 Å². The first-order chi connectivity index (χ1) is 9.06. The SMILES string of the molecule is CCCN(CC)CCNC(=O)c1cc(C)nc(N)c1. The van der Waals surface area contributed by atoms with E-state index in [2.05, 4.69) is 29.0 Å². The molecule has 1 aromatic rings. The van der Waals surface area contributed by atoms with Crippen LogP contribution in [0.3, 0.4) is 0 Å². The van der Waals surface area contributed by atoms with Crippen molar-refractivity contribution in [2.75, 3.05) is 31.9 Å². The average molecular weight is 264 g/mol. The summed E-state index contributed by atoms with van der Waals surface area (Å²) in [7, 11) is 0. The van der Waals surface area contributed by atoms with Crippen LogP contribution >= 0.6 is 0 Å². The first-order valence-electron chi connectivity index (χ1n) is 6.81. The van der Waals surface area contributed by atoms with E-state index in [0.29, 0.717) is 17.9 Å². The zero-order valence-electron chi connectivity index (χ0n) is 12.1. The summed E-state index contributed by atoms with van der Waals surface area (Å²) in [5.41, 5.74) is 6.96. The van der Waals surface area contributed by atoms with Gasteiger partial charge in [0.05, 0.1) is 0 Å². The van der Waals surface area contributed by atoms with Gasteiger partial charge in [-0.05, 0) is 38.6 Å². The summed E-state index contributed by atoms with van der Waals surface area (Å²) in [6, 6.07) is 3.35.